The Bertz CT molecular complexity index is 1530. The topological polar surface area (TPSA) is 145 Å². The van der Waals surface area contributed by atoms with Gasteiger partial charge in [-0.2, -0.15) is 0 Å². The molecular formula is C28H34F2N6O5S. The lowest BCUT2D eigenvalue weighted by Crippen LogP contribution is -2.44. The van der Waals surface area contributed by atoms with E-state index in [0.717, 1.165) is 12.8 Å². The normalized spacial score (nSPS) is 21.9. The predicted octanol–water partition coefficient (Wildman–Crippen LogP) is 3.27. The molecule has 1 saturated heterocycles. The van der Waals surface area contributed by atoms with E-state index in [1.165, 1.54) is 36.1 Å². The molecule has 1 aromatic heterocycles. The zero-order valence-electron chi connectivity index (χ0n) is 23.3. The molecule has 2 amide bonds. The Labute approximate surface area is 242 Å². The molecule has 3 N–H and O–H groups in total. The van der Waals surface area contributed by atoms with Crippen molar-refractivity contribution in [3.05, 3.63) is 35.7 Å². The molecule has 2 aliphatic heterocycles. The van der Waals surface area contributed by atoms with Crippen LogP contribution >= 0.6 is 0 Å². The van der Waals surface area contributed by atoms with Crippen LogP contribution in [0.15, 0.2) is 24.4 Å². The predicted molar refractivity (Wildman–Crippen MR) is 153 cm³/mol. The SMILES string of the molecule is CN1C(=O)C2(CCC(F)(F)CC2)c2nc(NC(=O)c3ccc(NS(=O)(=O)CCO)cc3N3CCC4(CC3)CC4)cnc21. The van der Waals surface area contributed by atoms with E-state index >= 15 is 0 Å². The highest BCUT2D eigenvalue weighted by atomic mass is 32.2. The molecule has 2 aliphatic carbocycles. The van der Waals surface area contributed by atoms with E-state index in [4.69, 9.17) is 5.11 Å². The molecule has 3 fully saturated rings. The Hall–Kier alpha value is -3.39. The average molecular weight is 605 g/mol. The summed E-state index contributed by atoms with van der Waals surface area (Å²) in [5, 5.41) is 11.9. The van der Waals surface area contributed by atoms with Crippen molar-refractivity contribution < 1.29 is 31.9 Å². The number of aliphatic hydroxyl groups is 1. The van der Waals surface area contributed by atoms with Gasteiger partial charge in [-0.1, -0.05) is 0 Å². The number of anilines is 4. The molecule has 2 saturated carbocycles. The van der Waals surface area contributed by atoms with Gasteiger partial charge in [0.2, 0.25) is 21.9 Å². The van der Waals surface area contributed by atoms with Crippen LogP contribution in [0.2, 0.25) is 0 Å². The molecule has 2 aromatic rings. The highest BCUT2D eigenvalue weighted by Gasteiger charge is 2.56. The number of aromatic nitrogens is 2. The molecule has 226 valence electrons. The summed E-state index contributed by atoms with van der Waals surface area (Å²) in [7, 11) is -2.23. The molecule has 0 bridgehead atoms. The highest BCUT2D eigenvalue weighted by molar-refractivity contribution is 7.92. The van der Waals surface area contributed by atoms with Gasteiger partial charge in [-0.25, -0.2) is 27.2 Å². The standard InChI is InChI=1S/C28H34F2N6O5S/c1-35-23-22(27(25(35)39)6-8-28(29,30)9-7-27)32-21(17-31-23)33-24(38)19-3-2-18(34-42(40,41)15-14-37)16-20(19)36-12-10-26(4-5-26)11-13-36/h2-3,16-17,34,37H,4-15H2,1H3,(H,32,33,38). The van der Waals surface area contributed by atoms with Crippen molar-refractivity contribution in [2.75, 3.05) is 52.3 Å². The van der Waals surface area contributed by atoms with E-state index in [-0.39, 0.29) is 30.3 Å². The molecular weight excluding hydrogens is 570 g/mol. The number of hydrogen-bond donors (Lipinski definition) is 3. The minimum Gasteiger partial charge on any atom is -0.395 e. The summed E-state index contributed by atoms with van der Waals surface area (Å²) < 4.78 is 55.1. The maximum absolute atomic E-state index is 14.0. The Morgan fingerprint density at radius 1 is 1.07 bits per heavy atom. The molecule has 3 heterocycles. The Kier molecular flexibility index (Phi) is 6.91. The number of rotatable bonds is 7. The van der Waals surface area contributed by atoms with Crippen LogP contribution < -0.4 is 19.8 Å². The van der Waals surface area contributed by atoms with Gasteiger partial charge in [0.25, 0.3) is 5.91 Å². The molecule has 2 spiro atoms. The lowest BCUT2D eigenvalue weighted by atomic mass is 9.71. The summed E-state index contributed by atoms with van der Waals surface area (Å²) in [5.74, 6) is -3.73. The van der Waals surface area contributed by atoms with Crippen LogP contribution in [0.1, 0.15) is 67.4 Å². The number of halogens is 2. The van der Waals surface area contributed by atoms with Gasteiger partial charge in [-0.3, -0.25) is 19.2 Å². The van der Waals surface area contributed by atoms with Gasteiger partial charge in [0.05, 0.1) is 40.9 Å². The third-order valence-corrected chi connectivity index (χ3v) is 10.6. The monoisotopic (exact) mass is 604 g/mol. The summed E-state index contributed by atoms with van der Waals surface area (Å²) in [5.41, 5.74) is 0.601. The molecule has 0 atom stereocenters. The summed E-state index contributed by atoms with van der Waals surface area (Å²) in [6.45, 7) is 0.907. The Morgan fingerprint density at radius 2 is 1.76 bits per heavy atom. The number of sulfonamides is 1. The van der Waals surface area contributed by atoms with E-state index in [1.807, 2.05) is 0 Å². The van der Waals surface area contributed by atoms with Crippen LogP contribution in [-0.4, -0.2) is 73.7 Å². The van der Waals surface area contributed by atoms with E-state index in [0.29, 0.717) is 41.3 Å². The molecule has 1 aromatic carbocycles. The van der Waals surface area contributed by atoms with Gasteiger partial charge in [0, 0.05) is 33.0 Å². The number of fused-ring (bicyclic) bond motifs is 2. The van der Waals surface area contributed by atoms with Crippen LogP contribution in [0.3, 0.4) is 0 Å². The van der Waals surface area contributed by atoms with Gasteiger partial charge < -0.3 is 15.3 Å². The first-order valence-corrected chi connectivity index (χ1v) is 15.9. The fourth-order valence-electron chi connectivity index (χ4n) is 6.50. The van der Waals surface area contributed by atoms with Crippen molar-refractivity contribution in [2.45, 2.75) is 62.7 Å². The van der Waals surface area contributed by atoms with Crippen LogP contribution in [-0.2, 0) is 20.2 Å². The van der Waals surface area contributed by atoms with Gasteiger partial charge >= 0.3 is 0 Å². The summed E-state index contributed by atoms with van der Waals surface area (Å²) in [4.78, 5) is 39.2. The number of carbonyl (C=O) groups is 2. The quantitative estimate of drug-likeness (QED) is 0.437. The number of benzene rings is 1. The first-order chi connectivity index (χ1) is 19.9. The second kappa shape index (κ2) is 10.1. The summed E-state index contributed by atoms with van der Waals surface area (Å²) in [6.07, 6.45) is 4.71. The molecule has 0 unspecified atom stereocenters. The van der Waals surface area contributed by atoms with E-state index in [1.54, 1.807) is 13.1 Å². The fourth-order valence-corrected chi connectivity index (χ4v) is 7.33. The maximum atomic E-state index is 14.0. The van der Waals surface area contributed by atoms with Crippen molar-refractivity contribution >= 4 is 44.8 Å². The highest BCUT2D eigenvalue weighted by Crippen LogP contribution is 2.54. The van der Waals surface area contributed by atoms with Gasteiger partial charge in [0.1, 0.15) is 5.69 Å². The maximum Gasteiger partial charge on any atom is 0.258 e. The van der Waals surface area contributed by atoms with Crippen molar-refractivity contribution in [3.63, 3.8) is 0 Å². The van der Waals surface area contributed by atoms with E-state index in [2.05, 4.69) is 24.9 Å². The third-order valence-electron chi connectivity index (χ3n) is 9.31. The fraction of sp³-hybridized carbons (Fsp3) is 0.571. The summed E-state index contributed by atoms with van der Waals surface area (Å²) in [6, 6.07) is 4.64. The molecule has 6 rings (SSSR count). The zero-order chi connectivity index (χ0) is 29.9. The van der Waals surface area contributed by atoms with Crippen LogP contribution in [0.5, 0.6) is 0 Å². The van der Waals surface area contributed by atoms with E-state index in [9.17, 15) is 26.8 Å². The largest absolute Gasteiger partial charge is 0.395 e. The number of likely N-dealkylation sites (N-methyl/N-ethyl adjacent to an activating group) is 1. The molecule has 11 nitrogen and oxygen atoms in total. The molecule has 14 heteroatoms. The summed E-state index contributed by atoms with van der Waals surface area (Å²) >= 11 is 0. The third kappa shape index (κ3) is 5.19. The Morgan fingerprint density at radius 3 is 2.40 bits per heavy atom. The van der Waals surface area contributed by atoms with Crippen molar-refractivity contribution in [2.24, 2.45) is 5.41 Å². The molecule has 4 aliphatic rings. The first-order valence-electron chi connectivity index (χ1n) is 14.2. The van der Waals surface area contributed by atoms with Crippen LogP contribution in [0.4, 0.5) is 31.8 Å². The number of nitrogens with zero attached hydrogens (tertiary/aromatic N) is 4. The lowest BCUT2D eigenvalue weighted by molar-refractivity contribution is -0.128. The number of carbonyl (C=O) groups excluding carboxylic acids is 2. The average Bonchev–Trinajstić information content (AvgIpc) is 3.67. The van der Waals surface area contributed by atoms with Crippen molar-refractivity contribution in [1.82, 2.24) is 9.97 Å². The lowest BCUT2D eigenvalue weighted by Gasteiger charge is -2.35. The smallest absolute Gasteiger partial charge is 0.258 e. The Balaban J connectivity index is 1.29. The van der Waals surface area contributed by atoms with Crippen LogP contribution in [0.25, 0.3) is 0 Å². The number of piperidine rings is 1. The van der Waals surface area contributed by atoms with E-state index < -0.39 is 52.5 Å². The van der Waals surface area contributed by atoms with Crippen LogP contribution in [0, 0.1) is 5.41 Å². The zero-order valence-corrected chi connectivity index (χ0v) is 24.1. The van der Waals surface area contributed by atoms with Gasteiger partial charge in [0.15, 0.2) is 11.6 Å². The minimum atomic E-state index is -3.77. The second-order valence-corrected chi connectivity index (χ2v) is 13.9. The van der Waals surface area contributed by atoms with Crippen molar-refractivity contribution in [3.8, 4) is 0 Å². The second-order valence-electron chi connectivity index (χ2n) is 12.0. The molecule has 42 heavy (non-hydrogen) atoms. The number of alkyl halides is 2. The van der Waals surface area contributed by atoms with Gasteiger partial charge in [-0.15, -0.1) is 0 Å². The first kappa shape index (κ1) is 28.7. The number of amides is 2. The molecule has 0 radical (unpaired) electrons. The van der Waals surface area contributed by atoms with Gasteiger partial charge in [-0.05, 0) is 62.1 Å². The van der Waals surface area contributed by atoms with Crippen molar-refractivity contribution in [1.29, 1.82) is 0 Å². The number of nitrogens with one attached hydrogen (secondary N) is 2. The number of aliphatic hydroxyl groups excluding tert-OH is 1. The minimum absolute atomic E-state index is 0.0590. The number of hydrogen-bond acceptors (Lipinski definition) is 8.